The summed E-state index contributed by atoms with van der Waals surface area (Å²) in [7, 11) is 1.59. The Balaban J connectivity index is 1.86. The Labute approximate surface area is 154 Å². The highest BCUT2D eigenvalue weighted by atomic mass is 35.5. The van der Waals surface area contributed by atoms with E-state index in [0.29, 0.717) is 28.8 Å². The number of pyridine rings is 1. The number of methoxy groups -OCH3 is 1. The van der Waals surface area contributed by atoms with Crippen molar-refractivity contribution in [2.75, 3.05) is 7.11 Å². The van der Waals surface area contributed by atoms with Crippen molar-refractivity contribution in [2.24, 2.45) is 0 Å². The fraction of sp³-hybridized carbons (Fsp3) is 0.100. The molecule has 4 aromatic rings. The van der Waals surface area contributed by atoms with Crippen LogP contribution in [-0.4, -0.2) is 23.4 Å². The van der Waals surface area contributed by atoms with E-state index in [0.717, 1.165) is 33.7 Å². The molecule has 0 unspecified atom stereocenters. The van der Waals surface area contributed by atoms with Crippen molar-refractivity contribution in [1.29, 1.82) is 0 Å². The van der Waals surface area contributed by atoms with Gasteiger partial charge in [0.1, 0.15) is 17.2 Å². The summed E-state index contributed by atoms with van der Waals surface area (Å²) in [5.74, 6) is 1.38. The SMILES string of the molecule is COCc1c(C=O)ncc2[nH]c3ccc(Oc4ccc(Cl)cc4)cc3c12. The summed E-state index contributed by atoms with van der Waals surface area (Å²) in [6, 6.07) is 12.9. The van der Waals surface area contributed by atoms with Gasteiger partial charge in [0, 0.05) is 34.0 Å². The molecule has 0 saturated carbocycles. The predicted molar refractivity (Wildman–Crippen MR) is 101 cm³/mol. The van der Waals surface area contributed by atoms with Crippen LogP contribution < -0.4 is 4.74 Å². The summed E-state index contributed by atoms with van der Waals surface area (Å²) in [5.41, 5.74) is 2.92. The van der Waals surface area contributed by atoms with Crippen molar-refractivity contribution < 1.29 is 14.3 Å². The first-order valence-electron chi connectivity index (χ1n) is 8.00. The van der Waals surface area contributed by atoms with Crippen molar-refractivity contribution in [2.45, 2.75) is 6.61 Å². The maximum absolute atomic E-state index is 11.4. The van der Waals surface area contributed by atoms with Gasteiger partial charge in [-0.05, 0) is 42.5 Å². The third-order valence-electron chi connectivity index (χ3n) is 4.19. The van der Waals surface area contributed by atoms with E-state index in [1.807, 2.05) is 30.3 Å². The number of aromatic amines is 1. The molecule has 0 radical (unpaired) electrons. The van der Waals surface area contributed by atoms with Crippen molar-refractivity contribution in [3.63, 3.8) is 0 Å². The van der Waals surface area contributed by atoms with Gasteiger partial charge in [-0.25, -0.2) is 0 Å². The first-order valence-corrected chi connectivity index (χ1v) is 8.38. The molecule has 0 aliphatic rings. The first kappa shape index (κ1) is 16.6. The number of aromatic nitrogens is 2. The molecule has 0 saturated heterocycles. The lowest BCUT2D eigenvalue weighted by atomic mass is 10.1. The van der Waals surface area contributed by atoms with Gasteiger partial charge in [-0.15, -0.1) is 0 Å². The van der Waals surface area contributed by atoms with Crippen LogP contribution in [0, 0.1) is 0 Å². The second-order valence-corrected chi connectivity index (χ2v) is 6.29. The Kier molecular flexibility index (Phi) is 4.32. The number of nitrogens with zero attached hydrogens (tertiary/aromatic N) is 1. The average molecular weight is 367 g/mol. The van der Waals surface area contributed by atoms with Crippen LogP contribution in [0.25, 0.3) is 21.8 Å². The van der Waals surface area contributed by atoms with Gasteiger partial charge in [-0.2, -0.15) is 0 Å². The zero-order valence-electron chi connectivity index (χ0n) is 14.0. The predicted octanol–water partition coefficient (Wildman–Crippen LogP) is 5.12. The van der Waals surface area contributed by atoms with E-state index in [1.54, 1.807) is 25.4 Å². The first-order chi connectivity index (χ1) is 12.7. The number of H-pyrrole nitrogens is 1. The molecule has 6 heteroatoms. The van der Waals surface area contributed by atoms with Crippen LogP contribution in [0.3, 0.4) is 0 Å². The lowest BCUT2D eigenvalue weighted by molar-refractivity contribution is 0.111. The van der Waals surface area contributed by atoms with E-state index in [1.165, 1.54) is 0 Å². The molecule has 1 N–H and O–H groups in total. The van der Waals surface area contributed by atoms with Crippen molar-refractivity contribution >= 4 is 39.7 Å². The quantitative estimate of drug-likeness (QED) is 0.498. The summed E-state index contributed by atoms with van der Waals surface area (Å²) < 4.78 is 11.2. The van der Waals surface area contributed by atoms with E-state index < -0.39 is 0 Å². The molecule has 0 amide bonds. The van der Waals surface area contributed by atoms with Crippen molar-refractivity contribution in [3.8, 4) is 11.5 Å². The Morgan fingerprint density at radius 1 is 1.12 bits per heavy atom. The number of aldehydes is 1. The number of nitrogens with one attached hydrogen (secondary N) is 1. The standard InChI is InChI=1S/C20H15ClN2O3/c1-25-11-16-19(10-24)22-9-18-20(16)15-8-14(6-7-17(15)23-18)26-13-4-2-12(21)3-5-13/h2-10,23H,11H2,1H3. The van der Waals surface area contributed by atoms with Crippen LogP contribution in [0.2, 0.25) is 5.02 Å². The Morgan fingerprint density at radius 3 is 2.62 bits per heavy atom. The molecule has 0 aliphatic carbocycles. The number of ether oxygens (including phenoxy) is 2. The third-order valence-corrected chi connectivity index (χ3v) is 4.44. The minimum absolute atomic E-state index is 0.299. The van der Waals surface area contributed by atoms with E-state index in [2.05, 4.69) is 9.97 Å². The Hall–Kier alpha value is -2.89. The number of carbonyl (C=O) groups is 1. The Bertz CT molecular complexity index is 1100. The van der Waals surface area contributed by atoms with Crippen LogP contribution in [0.1, 0.15) is 16.1 Å². The fourth-order valence-electron chi connectivity index (χ4n) is 3.05. The second-order valence-electron chi connectivity index (χ2n) is 5.85. The zero-order valence-corrected chi connectivity index (χ0v) is 14.7. The van der Waals surface area contributed by atoms with Gasteiger partial charge in [0.25, 0.3) is 0 Å². The highest BCUT2D eigenvalue weighted by Gasteiger charge is 2.14. The molecule has 130 valence electrons. The number of benzene rings is 2. The topological polar surface area (TPSA) is 64.2 Å². The normalized spacial score (nSPS) is 11.2. The molecule has 0 spiro atoms. The largest absolute Gasteiger partial charge is 0.457 e. The van der Waals surface area contributed by atoms with E-state index in [4.69, 9.17) is 21.1 Å². The zero-order chi connectivity index (χ0) is 18.1. The molecule has 0 fully saturated rings. The smallest absolute Gasteiger partial charge is 0.168 e. The fourth-order valence-corrected chi connectivity index (χ4v) is 3.17. The van der Waals surface area contributed by atoms with Crippen LogP contribution in [0.15, 0.2) is 48.7 Å². The summed E-state index contributed by atoms with van der Waals surface area (Å²) in [6.07, 6.45) is 2.42. The molecule has 2 aromatic heterocycles. The van der Waals surface area contributed by atoms with Gasteiger partial charge in [-0.3, -0.25) is 9.78 Å². The molecule has 4 rings (SSSR count). The van der Waals surface area contributed by atoms with Crippen LogP contribution in [0.4, 0.5) is 0 Å². The number of fused-ring (bicyclic) bond motifs is 3. The number of rotatable bonds is 5. The van der Waals surface area contributed by atoms with E-state index in [-0.39, 0.29) is 0 Å². The van der Waals surface area contributed by atoms with Crippen LogP contribution in [0.5, 0.6) is 11.5 Å². The van der Waals surface area contributed by atoms with Gasteiger partial charge >= 0.3 is 0 Å². The van der Waals surface area contributed by atoms with E-state index in [9.17, 15) is 4.79 Å². The summed E-state index contributed by atoms with van der Waals surface area (Å²) in [4.78, 5) is 18.9. The highest BCUT2D eigenvalue weighted by Crippen LogP contribution is 2.33. The minimum Gasteiger partial charge on any atom is -0.457 e. The van der Waals surface area contributed by atoms with E-state index >= 15 is 0 Å². The molecular formula is C20H15ClN2O3. The number of hydrogen-bond acceptors (Lipinski definition) is 4. The minimum atomic E-state index is 0.299. The van der Waals surface area contributed by atoms with Gasteiger partial charge in [0.2, 0.25) is 0 Å². The average Bonchev–Trinajstić information content (AvgIpc) is 3.02. The molecule has 26 heavy (non-hydrogen) atoms. The molecule has 2 aromatic carbocycles. The maximum Gasteiger partial charge on any atom is 0.168 e. The Morgan fingerprint density at radius 2 is 1.88 bits per heavy atom. The lowest BCUT2D eigenvalue weighted by Gasteiger charge is -2.07. The monoisotopic (exact) mass is 366 g/mol. The van der Waals surface area contributed by atoms with Gasteiger partial charge in [-0.1, -0.05) is 11.6 Å². The summed E-state index contributed by atoms with van der Waals surface area (Å²) >= 11 is 5.91. The maximum atomic E-state index is 11.4. The number of carbonyl (C=O) groups excluding carboxylic acids is 1. The molecule has 2 heterocycles. The highest BCUT2D eigenvalue weighted by molar-refractivity contribution is 6.30. The second kappa shape index (κ2) is 6.78. The number of hydrogen-bond donors (Lipinski definition) is 1. The van der Waals surface area contributed by atoms with Gasteiger partial charge in [0.15, 0.2) is 6.29 Å². The van der Waals surface area contributed by atoms with Crippen LogP contribution in [-0.2, 0) is 11.3 Å². The molecule has 0 atom stereocenters. The van der Waals surface area contributed by atoms with Crippen molar-refractivity contribution in [1.82, 2.24) is 9.97 Å². The van der Waals surface area contributed by atoms with Crippen molar-refractivity contribution in [3.05, 3.63) is 64.9 Å². The molecule has 0 aliphatic heterocycles. The van der Waals surface area contributed by atoms with Gasteiger partial charge < -0.3 is 14.5 Å². The lowest BCUT2D eigenvalue weighted by Crippen LogP contribution is -1.98. The molecule has 5 nitrogen and oxygen atoms in total. The summed E-state index contributed by atoms with van der Waals surface area (Å²) in [6.45, 7) is 0.299. The summed E-state index contributed by atoms with van der Waals surface area (Å²) in [5, 5.41) is 2.52. The van der Waals surface area contributed by atoms with Gasteiger partial charge in [0.05, 0.1) is 18.3 Å². The molecule has 0 bridgehead atoms. The number of halogens is 1. The molecular weight excluding hydrogens is 352 g/mol. The third kappa shape index (κ3) is 2.92. The van der Waals surface area contributed by atoms with Crippen LogP contribution >= 0.6 is 11.6 Å².